The maximum Gasteiger partial charge on any atom is 0.126 e. The molecule has 1 fully saturated rings. The molecule has 3 aromatic carbocycles. The van der Waals surface area contributed by atoms with Crippen LogP contribution in [0.2, 0.25) is 0 Å². The van der Waals surface area contributed by atoms with E-state index in [-0.39, 0.29) is 5.54 Å². The van der Waals surface area contributed by atoms with Gasteiger partial charge in [-0.25, -0.2) is 4.98 Å². The van der Waals surface area contributed by atoms with Crippen molar-refractivity contribution >= 4 is 0 Å². The van der Waals surface area contributed by atoms with E-state index in [0.717, 1.165) is 18.1 Å². The first-order valence-corrected chi connectivity index (χ1v) is 12.2. The van der Waals surface area contributed by atoms with Gasteiger partial charge in [-0.2, -0.15) is 0 Å². The van der Waals surface area contributed by atoms with Gasteiger partial charge >= 0.3 is 0 Å². The summed E-state index contributed by atoms with van der Waals surface area (Å²) < 4.78 is 0. The lowest BCUT2D eigenvalue weighted by molar-refractivity contribution is 0.166. The van der Waals surface area contributed by atoms with Crippen LogP contribution in [0, 0.1) is 5.92 Å². The summed E-state index contributed by atoms with van der Waals surface area (Å²) in [4.78, 5) is 8.60. The van der Waals surface area contributed by atoms with Crippen LogP contribution in [0.25, 0.3) is 22.4 Å². The summed E-state index contributed by atoms with van der Waals surface area (Å²) in [5.74, 6) is 1.63. The first kappa shape index (κ1) is 21.7. The van der Waals surface area contributed by atoms with E-state index < -0.39 is 0 Å². The van der Waals surface area contributed by atoms with Gasteiger partial charge in [-0.05, 0) is 47.9 Å². The van der Waals surface area contributed by atoms with Gasteiger partial charge in [0.2, 0.25) is 0 Å². The zero-order chi connectivity index (χ0) is 22.5. The Balaban J connectivity index is 1.40. The van der Waals surface area contributed by atoms with Crippen LogP contribution in [0.15, 0.2) is 91.1 Å². The van der Waals surface area contributed by atoms with E-state index in [4.69, 9.17) is 4.98 Å². The summed E-state index contributed by atoms with van der Waals surface area (Å²) in [5.41, 5.74) is 5.84. The van der Waals surface area contributed by atoms with Crippen molar-refractivity contribution in [3.8, 4) is 22.4 Å². The lowest BCUT2D eigenvalue weighted by Gasteiger charge is -2.39. The van der Waals surface area contributed by atoms with Crippen molar-refractivity contribution in [3.05, 3.63) is 103 Å². The first-order valence-electron chi connectivity index (χ1n) is 12.2. The maximum absolute atomic E-state index is 4.91. The van der Waals surface area contributed by atoms with Crippen LogP contribution < -0.4 is 5.32 Å². The largest absolute Gasteiger partial charge is 0.340 e. The van der Waals surface area contributed by atoms with Crippen molar-refractivity contribution < 1.29 is 0 Å². The monoisotopic (exact) mass is 435 g/mol. The van der Waals surface area contributed by atoms with Crippen LogP contribution in [0.4, 0.5) is 0 Å². The minimum Gasteiger partial charge on any atom is -0.340 e. The highest BCUT2D eigenvalue weighted by Crippen LogP contribution is 2.39. The number of hydrogen-bond donors (Lipinski definition) is 2. The fourth-order valence-electron chi connectivity index (χ4n) is 5.19. The Labute approximate surface area is 197 Å². The Morgan fingerprint density at radius 2 is 1.39 bits per heavy atom. The highest BCUT2D eigenvalue weighted by molar-refractivity contribution is 5.68. The van der Waals surface area contributed by atoms with Gasteiger partial charge in [0.05, 0.1) is 17.4 Å². The summed E-state index contributed by atoms with van der Waals surface area (Å²) in [7, 11) is 0. The molecule has 1 aliphatic rings. The molecule has 5 rings (SSSR count). The third-order valence-corrected chi connectivity index (χ3v) is 7.30. The molecule has 1 unspecified atom stereocenters. The third kappa shape index (κ3) is 4.79. The normalized spacial score (nSPS) is 16.4. The Kier molecular flexibility index (Phi) is 6.41. The summed E-state index contributed by atoms with van der Waals surface area (Å²) in [6.07, 6.45) is 8.46. The van der Waals surface area contributed by atoms with Gasteiger partial charge in [-0.15, -0.1) is 0 Å². The molecule has 1 aliphatic carbocycles. The quantitative estimate of drug-likeness (QED) is 0.319. The number of nitrogens with zero attached hydrogens (tertiary/aromatic N) is 1. The number of rotatable bonds is 7. The van der Waals surface area contributed by atoms with Crippen molar-refractivity contribution in [2.24, 2.45) is 5.92 Å². The van der Waals surface area contributed by atoms with E-state index in [1.807, 2.05) is 6.20 Å². The maximum atomic E-state index is 4.91. The van der Waals surface area contributed by atoms with Gasteiger partial charge in [0.25, 0.3) is 0 Å². The highest BCUT2D eigenvalue weighted by atomic mass is 15.1. The summed E-state index contributed by atoms with van der Waals surface area (Å²) in [6.45, 7) is 3.18. The summed E-state index contributed by atoms with van der Waals surface area (Å²) >= 11 is 0. The molecule has 2 N–H and O–H groups in total. The predicted octanol–water partition coefficient (Wildman–Crippen LogP) is 7.33. The fraction of sp³-hybridized carbons (Fsp3) is 0.300. The van der Waals surface area contributed by atoms with Crippen molar-refractivity contribution in [3.63, 3.8) is 0 Å². The van der Waals surface area contributed by atoms with Gasteiger partial charge in [0.1, 0.15) is 5.82 Å². The standard InChI is InChI=1S/C30H33N3/c1-30(27-15-9-4-10-16-27,32-21-23-11-5-2-6-12-23)29-31-22-28(33-29)26-19-17-25(18-20-26)24-13-7-3-8-14-24/h2-3,5-8,11-14,17-20,22,27,32H,4,9-10,15-16,21H2,1H3,(H,31,33). The molecule has 0 bridgehead atoms. The van der Waals surface area contributed by atoms with Crippen molar-refractivity contribution in [2.45, 2.75) is 51.1 Å². The van der Waals surface area contributed by atoms with Crippen LogP contribution >= 0.6 is 0 Å². The predicted molar refractivity (Wildman–Crippen MR) is 137 cm³/mol. The molecule has 0 aliphatic heterocycles. The number of aromatic nitrogens is 2. The number of nitrogens with one attached hydrogen (secondary N) is 2. The van der Waals surface area contributed by atoms with Crippen molar-refractivity contribution in [1.29, 1.82) is 0 Å². The van der Waals surface area contributed by atoms with Gasteiger partial charge in [0.15, 0.2) is 0 Å². The third-order valence-electron chi connectivity index (χ3n) is 7.30. The minimum absolute atomic E-state index is 0.182. The zero-order valence-corrected chi connectivity index (χ0v) is 19.4. The molecular weight excluding hydrogens is 402 g/mol. The second-order valence-corrected chi connectivity index (χ2v) is 9.47. The van der Waals surface area contributed by atoms with Gasteiger partial charge < -0.3 is 10.3 Å². The Hall–Kier alpha value is -3.17. The van der Waals surface area contributed by atoms with E-state index in [1.165, 1.54) is 54.4 Å². The molecule has 0 saturated heterocycles. The van der Waals surface area contributed by atoms with E-state index in [1.54, 1.807) is 0 Å². The molecule has 1 heterocycles. The molecular formula is C30H33N3. The first-order chi connectivity index (χ1) is 16.2. The minimum atomic E-state index is -0.182. The lowest BCUT2D eigenvalue weighted by Crippen LogP contribution is -2.47. The van der Waals surface area contributed by atoms with Crippen LogP contribution in [0.1, 0.15) is 50.4 Å². The van der Waals surface area contributed by atoms with E-state index in [2.05, 4.69) is 102 Å². The number of aromatic amines is 1. The fourth-order valence-corrected chi connectivity index (χ4v) is 5.19. The molecule has 0 radical (unpaired) electrons. The van der Waals surface area contributed by atoms with Crippen molar-refractivity contribution in [2.75, 3.05) is 0 Å². The van der Waals surface area contributed by atoms with Crippen LogP contribution in [0.5, 0.6) is 0 Å². The number of benzene rings is 3. The summed E-state index contributed by atoms with van der Waals surface area (Å²) in [5, 5.41) is 3.90. The molecule has 4 aromatic rings. The zero-order valence-electron chi connectivity index (χ0n) is 19.4. The molecule has 0 spiro atoms. The van der Waals surface area contributed by atoms with Gasteiger partial charge in [-0.1, -0.05) is 104 Å². The molecule has 33 heavy (non-hydrogen) atoms. The molecule has 1 saturated carbocycles. The van der Waals surface area contributed by atoms with Gasteiger partial charge in [0, 0.05) is 6.54 Å². The van der Waals surface area contributed by atoms with E-state index in [0.29, 0.717) is 5.92 Å². The van der Waals surface area contributed by atoms with Crippen LogP contribution in [-0.4, -0.2) is 9.97 Å². The Morgan fingerprint density at radius 3 is 2.09 bits per heavy atom. The molecule has 0 amide bonds. The lowest BCUT2D eigenvalue weighted by atomic mass is 9.75. The molecule has 1 aromatic heterocycles. The SMILES string of the molecule is CC(NCc1ccccc1)(c1ncc(-c2ccc(-c3ccccc3)cc2)[nH]1)C1CCCCC1. The van der Waals surface area contributed by atoms with Gasteiger partial charge in [-0.3, -0.25) is 0 Å². The van der Waals surface area contributed by atoms with E-state index in [9.17, 15) is 0 Å². The van der Waals surface area contributed by atoms with Crippen molar-refractivity contribution in [1.82, 2.24) is 15.3 Å². The average molecular weight is 436 g/mol. The number of H-pyrrole nitrogens is 1. The Bertz CT molecular complexity index is 1140. The molecule has 168 valence electrons. The summed E-state index contributed by atoms with van der Waals surface area (Å²) in [6, 6.07) is 30.0. The Morgan fingerprint density at radius 1 is 0.788 bits per heavy atom. The number of imidazole rings is 1. The van der Waals surface area contributed by atoms with Crippen LogP contribution in [-0.2, 0) is 12.1 Å². The molecule has 3 nitrogen and oxygen atoms in total. The average Bonchev–Trinajstić information content (AvgIpc) is 3.40. The topological polar surface area (TPSA) is 40.7 Å². The van der Waals surface area contributed by atoms with E-state index >= 15 is 0 Å². The number of hydrogen-bond acceptors (Lipinski definition) is 2. The highest BCUT2D eigenvalue weighted by Gasteiger charge is 2.38. The molecule has 1 atom stereocenters. The second kappa shape index (κ2) is 9.76. The second-order valence-electron chi connectivity index (χ2n) is 9.47. The molecule has 3 heteroatoms. The van der Waals surface area contributed by atoms with Crippen LogP contribution in [0.3, 0.4) is 0 Å². The smallest absolute Gasteiger partial charge is 0.126 e.